The Morgan fingerprint density at radius 2 is 1.47 bits per heavy atom. The molecule has 0 saturated carbocycles. The summed E-state index contributed by atoms with van der Waals surface area (Å²) in [4.78, 5) is 12.6. The number of nitrogens with one attached hydrogen (secondary N) is 1. The molecule has 0 spiro atoms. The predicted molar refractivity (Wildman–Crippen MR) is 151 cm³/mol. The molecule has 2 aromatic rings. The van der Waals surface area contributed by atoms with Crippen molar-refractivity contribution in [3.8, 4) is 5.75 Å². The van der Waals surface area contributed by atoms with Crippen LogP contribution < -0.4 is 14.6 Å². The van der Waals surface area contributed by atoms with Crippen molar-refractivity contribution < 1.29 is 14.1 Å². The van der Waals surface area contributed by atoms with Gasteiger partial charge < -0.3 is 10.1 Å². The SMILES string of the molecule is CCCCCCCCCCCCCCCCOc1ccc(C(C)NC(=O)c2cccc[n+]2C)cc1Cl. The Labute approximate surface area is 224 Å². The van der Waals surface area contributed by atoms with Gasteiger partial charge in [-0.15, -0.1) is 0 Å². The first-order chi connectivity index (χ1) is 17.5. The van der Waals surface area contributed by atoms with Crippen molar-refractivity contribution in [3.05, 3.63) is 58.9 Å². The van der Waals surface area contributed by atoms with Gasteiger partial charge >= 0.3 is 5.91 Å². The number of ether oxygens (including phenoxy) is 1. The van der Waals surface area contributed by atoms with Gasteiger partial charge in [0.15, 0.2) is 6.20 Å². The van der Waals surface area contributed by atoms with Gasteiger partial charge in [-0.2, -0.15) is 4.57 Å². The summed E-state index contributed by atoms with van der Waals surface area (Å²) in [5.41, 5.74) is 1.57. The molecule has 36 heavy (non-hydrogen) atoms. The Hall–Kier alpha value is -2.07. The number of rotatable bonds is 19. The van der Waals surface area contributed by atoms with Gasteiger partial charge in [-0.3, -0.25) is 4.79 Å². The molecule has 1 atom stereocenters. The van der Waals surface area contributed by atoms with E-state index in [1.807, 2.05) is 61.1 Å². The Morgan fingerprint density at radius 1 is 0.889 bits per heavy atom. The lowest BCUT2D eigenvalue weighted by Gasteiger charge is -2.15. The second-order valence-corrected chi connectivity index (χ2v) is 10.4. The summed E-state index contributed by atoms with van der Waals surface area (Å²) in [5.74, 6) is 0.600. The number of carbonyl (C=O) groups is 1. The van der Waals surface area contributed by atoms with Crippen molar-refractivity contribution in [2.24, 2.45) is 7.05 Å². The fraction of sp³-hybridized carbons (Fsp3) is 0.613. The highest BCUT2D eigenvalue weighted by Crippen LogP contribution is 2.28. The summed E-state index contributed by atoms with van der Waals surface area (Å²) in [7, 11) is 1.86. The molecule has 0 aliphatic carbocycles. The number of nitrogens with zero attached hydrogens (tertiary/aromatic N) is 1. The molecule has 200 valence electrons. The lowest BCUT2D eigenvalue weighted by molar-refractivity contribution is -0.673. The predicted octanol–water partition coefficient (Wildman–Crippen LogP) is 8.52. The van der Waals surface area contributed by atoms with Gasteiger partial charge in [0.2, 0.25) is 0 Å². The molecule has 0 aliphatic heterocycles. The molecule has 1 aromatic carbocycles. The topological polar surface area (TPSA) is 42.2 Å². The van der Waals surface area contributed by atoms with Crippen molar-refractivity contribution >= 4 is 17.5 Å². The van der Waals surface area contributed by atoms with Crippen LogP contribution >= 0.6 is 11.6 Å². The van der Waals surface area contributed by atoms with Crippen LogP contribution in [0, 0.1) is 0 Å². The Bertz CT molecular complexity index is 887. The molecule has 0 aliphatic rings. The molecule has 1 heterocycles. The maximum absolute atomic E-state index is 12.6. The standard InChI is InChI=1S/C31H47ClN2O2/c1-4-5-6-7-8-9-10-11-12-13-14-15-16-19-24-36-30-22-21-27(25-28(30)32)26(2)33-31(35)29-20-17-18-23-34(29)3/h17-18,20-23,25-26H,4-16,19,24H2,1-3H3/p+1. The molecule has 2 rings (SSSR count). The van der Waals surface area contributed by atoms with E-state index in [1.165, 1.54) is 83.5 Å². The number of hydrogen-bond donors (Lipinski definition) is 1. The Kier molecular flexibility index (Phi) is 15.3. The second kappa shape index (κ2) is 18.2. The number of unbranched alkanes of at least 4 members (excludes halogenated alkanes) is 13. The highest BCUT2D eigenvalue weighted by molar-refractivity contribution is 6.32. The maximum Gasteiger partial charge on any atom is 0.316 e. The third kappa shape index (κ3) is 11.8. The van der Waals surface area contributed by atoms with Crippen LogP contribution in [0.5, 0.6) is 5.75 Å². The van der Waals surface area contributed by atoms with E-state index >= 15 is 0 Å². The number of halogens is 1. The number of pyridine rings is 1. The van der Waals surface area contributed by atoms with Crippen molar-refractivity contribution in [2.45, 2.75) is 110 Å². The third-order valence-electron chi connectivity index (χ3n) is 6.85. The Balaban J connectivity index is 1.55. The lowest BCUT2D eigenvalue weighted by atomic mass is 10.0. The first-order valence-corrected chi connectivity index (χ1v) is 14.6. The molecule has 0 radical (unpaired) electrons. The number of carbonyl (C=O) groups excluding carboxylic acids is 1. The molecule has 5 heteroatoms. The van der Waals surface area contributed by atoms with Crippen LogP contribution in [0.3, 0.4) is 0 Å². The van der Waals surface area contributed by atoms with Crippen molar-refractivity contribution in [1.29, 1.82) is 0 Å². The summed E-state index contributed by atoms with van der Waals surface area (Å²) in [6.45, 7) is 4.93. The number of aromatic nitrogens is 1. The van der Waals surface area contributed by atoms with Gasteiger partial charge in [0.05, 0.1) is 17.7 Å². The van der Waals surface area contributed by atoms with Crippen molar-refractivity contribution in [1.82, 2.24) is 5.32 Å². The van der Waals surface area contributed by atoms with Gasteiger partial charge in [-0.05, 0) is 37.1 Å². The minimum atomic E-state index is -0.157. The zero-order chi connectivity index (χ0) is 26.0. The van der Waals surface area contributed by atoms with E-state index in [2.05, 4.69) is 12.2 Å². The van der Waals surface area contributed by atoms with Crippen molar-refractivity contribution in [3.63, 3.8) is 0 Å². The van der Waals surface area contributed by atoms with Gasteiger partial charge in [0, 0.05) is 12.1 Å². The fourth-order valence-corrected chi connectivity index (χ4v) is 4.74. The quantitative estimate of drug-likeness (QED) is 0.150. The zero-order valence-corrected chi connectivity index (χ0v) is 23.6. The Morgan fingerprint density at radius 3 is 2.03 bits per heavy atom. The highest BCUT2D eigenvalue weighted by atomic mass is 35.5. The van der Waals surface area contributed by atoms with Crippen molar-refractivity contribution in [2.75, 3.05) is 6.61 Å². The molecule has 0 bridgehead atoms. The average Bonchev–Trinajstić information content (AvgIpc) is 2.87. The minimum Gasteiger partial charge on any atom is -0.492 e. The summed E-state index contributed by atoms with van der Waals surface area (Å²) < 4.78 is 7.73. The van der Waals surface area contributed by atoms with Crippen LogP contribution in [0.15, 0.2) is 42.6 Å². The molecule has 1 unspecified atom stereocenters. The van der Waals surface area contributed by atoms with Crippen LogP contribution in [0.2, 0.25) is 5.02 Å². The first kappa shape index (κ1) is 30.2. The third-order valence-corrected chi connectivity index (χ3v) is 7.14. The largest absolute Gasteiger partial charge is 0.492 e. The van der Waals surface area contributed by atoms with E-state index in [-0.39, 0.29) is 11.9 Å². The summed E-state index contributed by atoms with van der Waals surface area (Å²) in [6.07, 6.45) is 20.7. The number of hydrogen-bond acceptors (Lipinski definition) is 2. The molecule has 4 nitrogen and oxygen atoms in total. The number of benzene rings is 1. The van der Waals surface area contributed by atoms with Gasteiger partial charge in [0.25, 0.3) is 5.69 Å². The van der Waals surface area contributed by atoms with E-state index in [9.17, 15) is 4.79 Å². The summed E-state index contributed by atoms with van der Waals surface area (Å²) >= 11 is 6.48. The van der Waals surface area contributed by atoms with E-state index < -0.39 is 0 Å². The fourth-order valence-electron chi connectivity index (χ4n) is 4.50. The van der Waals surface area contributed by atoms with Crippen LogP contribution in [0.1, 0.15) is 126 Å². The van der Waals surface area contributed by atoms with Gasteiger partial charge in [-0.25, -0.2) is 0 Å². The second-order valence-electron chi connectivity index (χ2n) is 10.0. The number of amides is 1. The summed E-state index contributed by atoms with van der Waals surface area (Å²) in [5, 5.41) is 3.63. The molecule has 1 amide bonds. The molecule has 1 aromatic heterocycles. The minimum absolute atomic E-state index is 0.111. The zero-order valence-electron chi connectivity index (χ0n) is 22.9. The molecule has 1 N–H and O–H groups in total. The first-order valence-electron chi connectivity index (χ1n) is 14.2. The van der Waals surface area contributed by atoms with E-state index in [0.717, 1.165) is 12.0 Å². The summed E-state index contributed by atoms with van der Waals surface area (Å²) in [6, 6.07) is 11.2. The van der Waals surface area contributed by atoms with Gasteiger partial charge in [-0.1, -0.05) is 108 Å². The van der Waals surface area contributed by atoms with Crippen LogP contribution in [0.25, 0.3) is 0 Å². The van der Waals surface area contributed by atoms with Crippen LogP contribution in [0.4, 0.5) is 0 Å². The van der Waals surface area contributed by atoms with E-state index in [0.29, 0.717) is 23.1 Å². The molecule has 0 fully saturated rings. The molecular formula is C31H48ClN2O2+. The van der Waals surface area contributed by atoms with E-state index in [1.54, 1.807) is 0 Å². The van der Waals surface area contributed by atoms with Crippen LogP contribution in [-0.2, 0) is 7.05 Å². The van der Waals surface area contributed by atoms with Crippen LogP contribution in [-0.4, -0.2) is 12.5 Å². The molecule has 0 saturated heterocycles. The highest BCUT2D eigenvalue weighted by Gasteiger charge is 2.19. The average molecular weight is 516 g/mol. The normalized spacial score (nSPS) is 11.9. The lowest BCUT2D eigenvalue weighted by Crippen LogP contribution is -2.40. The number of aryl methyl sites for hydroxylation is 1. The monoisotopic (exact) mass is 515 g/mol. The van der Waals surface area contributed by atoms with E-state index in [4.69, 9.17) is 16.3 Å². The van der Waals surface area contributed by atoms with Gasteiger partial charge in [0.1, 0.15) is 12.8 Å². The molecular weight excluding hydrogens is 468 g/mol. The maximum atomic E-state index is 12.6. The smallest absolute Gasteiger partial charge is 0.316 e.